The molecule has 0 aliphatic carbocycles. The van der Waals surface area contributed by atoms with Gasteiger partial charge in [-0.3, -0.25) is 0 Å². The maximum atomic E-state index is 12.6. The molecule has 0 radical (unpaired) electrons. The fourth-order valence-electron chi connectivity index (χ4n) is 1.46. The van der Waals surface area contributed by atoms with Crippen LogP contribution in [0.5, 0.6) is 0 Å². The van der Waals surface area contributed by atoms with Gasteiger partial charge in [-0.25, -0.2) is 4.79 Å². The Balaban J connectivity index is 2.37. The largest absolute Gasteiger partial charge is 0.464 e. The van der Waals surface area contributed by atoms with E-state index in [9.17, 15) is 18.0 Å². The van der Waals surface area contributed by atoms with Crippen molar-refractivity contribution in [1.82, 2.24) is 5.16 Å². The van der Waals surface area contributed by atoms with Gasteiger partial charge in [-0.15, -0.1) is 0 Å². The molecule has 0 saturated heterocycles. The van der Waals surface area contributed by atoms with Crippen molar-refractivity contribution in [2.75, 3.05) is 7.11 Å². The van der Waals surface area contributed by atoms with E-state index in [2.05, 4.69) is 9.89 Å². The van der Waals surface area contributed by atoms with Crippen molar-refractivity contribution in [3.63, 3.8) is 0 Å². The Hall–Kier alpha value is -2.31. The van der Waals surface area contributed by atoms with Gasteiger partial charge in [0, 0.05) is 11.6 Å². The molecule has 4 nitrogen and oxygen atoms in total. The van der Waals surface area contributed by atoms with E-state index in [0.717, 1.165) is 12.1 Å². The van der Waals surface area contributed by atoms with E-state index in [1.807, 2.05) is 0 Å². The predicted octanol–water partition coefficient (Wildman–Crippen LogP) is 3.15. The number of benzene rings is 1. The number of alkyl halides is 3. The zero-order chi connectivity index (χ0) is 14.0. The highest BCUT2D eigenvalue weighted by Crippen LogP contribution is 2.32. The van der Waals surface area contributed by atoms with Crippen LogP contribution in [-0.4, -0.2) is 18.2 Å². The highest BCUT2D eigenvalue weighted by atomic mass is 19.4. The first kappa shape index (κ1) is 13.1. The summed E-state index contributed by atoms with van der Waals surface area (Å²) in [6.45, 7) is 0. The molecule has 0 atom stereocenters. The Morgan fingerprint density at radius 3 is 2.68 bits per heavy atom. The van der Waals surface area contributed by atoms with Gasteiger partial charge in [-0.05, 0) is 12.1 Å². The van der Waals surface area contributed by atoms with Crippen molar-refractivity contribution >= 4 is 5.97 Å². The minimum atomic E-state index is -4.44. The van der Waals surface area contributed by atoms with Gasteiger partial charge in [0.25, 0.3) is 0 Å². The third-order valence-corrected chi connectivity index (χ3v) is 2.38. The number of halogens is 3. The number of carbonyl (C=O) groups excluding carboxylic acids is 1. The number of hydrogen-bond donors (Lipinski definition) is 0. The summed E-state index contributed by atoms with van der Waals surface area (Å²) >= 11 is 0. The van der Waals surface area contributed by atoms with E-state index in [-0.39, 0.29) is 17.0 Å². The molecule has 7 heteroatoms. The van der Waals surface area contributed by atoms with Crippen LogP contribution in [0.1, 0.15) is 16.1 Å². The summed E-state index contributed by atoms with van der Waals surface area (Å²) < 4.78 is 46.9. The molecule has 1 aromatic heterocycles. The molecular formula is C12H8F3NO3. The van der Waals surface area contributed by atoms with E-state index in [1.54, 1.807) is 0 Å². The molecule has 0 fully saturated rings. The van der Waals surface area contributed by atoms with Gasteiger partial charge in [0.15, 0.2) is 11.5 Å². The van der Waals surface area contributed by atoms with Crippen molar-refractivity contribution in [3.8, 4) is 11.3 Å². The Kier molecular flexibility index (Phi) is 3.28. The predicted molar refractivity (Wildman–Crippen MR) is 58.3 cm³/mol. The van der Waals surface area contributed by atoms with Crippen LogP contribution in [0.25, 0.3) is 11.3 Å². The van der Waals surface area contributed by atoms with Gasteiger partial charge in [0.2, 0.25) is 0 Å². The molecule has 0 spiro atoms. The van der Waals surface area contributed by atoms with Gasteiger partial charge in [-0.2, -0.15) is 13.2 Å². The molecule has 2 aromatic rings. The third kappa shape index (κ3) is 2.75. The van der Waals surface area contributed by atoms with Crippen LogP contribution in [0.3, 0.4) is 0 Å². The van der Waals surface area contributed by atoms with Crippen molar-refractivity contribution in [1.29, 1.82) is 0 Å². The zero-order valence-electron chi connectivity index (χ0n) is 9.69. The number of nitrogens with zero attached hydrogens (tertiary/aromatic N) is 1. The Bertz CT molecular complexity index is 604. The lowest BCUT2D eigenvalue weighted by atomic mass is 10.1. The lowest BCUT2D eigenvalue weighted by molar-refractivity contribution is -0.137. The SMILES string of the molecule is COC(=O)c1cc(-c2cccc(C(F)(F)F)c2)on1. The molecule has 2 rings (SSSR count). The molecule has 0 N–H and O–H groups in total. The standard InChI is InChI=1S/C12H8F3NO3/c1-18-11(17)9-6-10(19-16-9)7-3-2-4-8(5-7)12(13,14)15/h2-6H,1H3. The van der Waals surface area contributed by atoms with Gasteiger partial charge in [-0.1, -0.05) is 17.3 Å². The number of esters is 1. The van der Waals surface area contributed by atoms with Gasteiger partial charge in [0.1, 0.15) is 0 Å². The smallest absolute Gasteiger partial charge is 0.416 e. The highest BCUT2D eigenvalue weighted by Gasteiger charge is 2.30. The van der Waals surface area contributed by atoms with Crippen LogP contribution in [-0.2, 0) is 10.9 Å². The van der Waals surface area contributed by atoms with Gasteiger partial charge < -0.3 is 9.26 Å². The average molecular weight is 271 g/mol. The number of methoxy groups -OCH3 is 1. The fourth-order valence-corrected chi connectivity index (χ4v) is 1.46. The van der Waals surface area contributed by atoms with Crippen LogP contribution in [0.2, 0.25) is 0 Å². The molecule has 0 saturated carbocycles. The summed E-state index contributed by atoms with van der Waals surface area (Å²) in [5.41, 5.74) is -0.728. The average Bonchev–Trinajstić information content (AvgIpc) is 2.86. The van der Waals surface area contributed by atoms with Crippen molar-refractivity contribution < 1.29 is 27.2 Å². The van der Waals surface area contributed by atoms with Crippen molar-refractivity contribution in [2.45, 2.75) is 6.18 Å². The van der Waals surface area contributed by atoms with E-state index in [4.69, 9.17) is 4.52 Å². The van der Waals surface area contributed by atoms with E-state index < -0.39 is 17.7 Å². The first-order valence-corrected chi connectivity index (χ1v) is 5.14. The minimum absolute atomic E-state index is 0.0616. The second-order valence-corrected chi connectivity index (χ2v) is 3.65. The maximum Gasteiger partial charge on any atom is 0.416 e. The molecule has 0 aliphatic rings. The third-order valence-electron chi connectivity index (χ3n) is 2.38. The second kappa shape index (κ2) is 4.75. The first-order valence-electron chi connectivity index (χ1n) is 5.14. The summed E-state index contributed by atoms with van der Waals surface area (Å²) in [6.07, 6.45) is -4.44. The van der Waals surface area contributed by atoms with Crippen LogP contribution < -0.4 is 0 Å². The van der Waals surface area contributed by atoms with E-state index in [1.165, 1.54) is 25.3 Å². The lowest BCUT2D eigenvalue weighted by Crippen LogP contribution is -2.04. The van der Waals surface area contributed by atoms with Crippen LogP contribution in [0.15, 0.2) is 34.9 Å². The summed E-state index contributed by atoms with van der Waals surface area (Å²) in [6, 6.07) is 5.76. The number of ether oxygens (including phenoxy) is 1. The zero-order valence-corrected chi connectivity index (χ0v) is 9.69. The Labute approximate surface area is 105 Å². The number of carbonyl (C=O) groups is 1. The quantitative estimate of drug-likeness (QED) is 0.787. The molecule has 1 heterocycles. The minimum Gasteiger partial charge on any atom is -0.464 e. The lowest BCUT2D eigenvalue weighted by Gasteiger charge is -2.06. The molecule has 0 aliphatic heterocycles. The van der Waals surface area contributed by atoms with Gasteiger partial charge in [0.05, 0.1) is 12.7 Å². The molecule has 0 bridgehead atoms. The Morgan fingerprint density at radius 1 is 1.32 bits per heavy atom. The topological polar surface area (TPSA) is 52.3 Å². The maximum absolute atomic E-state index is 12.6. The number of hydrogen-bond acceptors (Lipinski definition) is 4. The highest BCUT2D eigenvalue weighted by molar-refractivity contribution is 5.88. The monoisotopic (exact) mass is 271 g/mol. The summed E-state index contributed by atoms with van der Waals surface area (Å²) in [7, 11) is 1.17. The van der Waals surface area contributed by atoms with Gasteiger partial charge >= 0.3 is 12.1 Å². The molecule has 1 aromatic carbocycles. The molecule has 0 amide bonds. The van der Waals surface area contributed by atoms with Crippen LogP contribution in [0.4, 0.5) is 13.2 Å². The first-order chi connectivity index (χ1) is 8.91. The van der Waals surface area contributed by atoms with E-state index >= 15 is 0 Å². The number of rotatable bonds is 2. The molecule has 19 heavy (non-hydrogen) atoms. The summed E-state index contributed by atoms with van der Waals surface area (Å²) in [5.74, 6) is -0.659. The Morgan fingerprint density at radius 2 is 2.05 bits per heavy atom. The van der Waals surface area contributed by atoms with Crippen molar-refractivity contribution in [2.24, 2.45) is 0 Å². The fraction of sp³-hybridized carbons (Fsp3) is 0.167. The summed E-state index contributed by atoms with van der Waals surface area (Å²) in [5, 5.41) is 3.42. The molecular weight excluding hydrogens is 263 g/mol. The van der Waals surface area contributed by atoms with E-state index in [0.29, 0.717) is 0 Å². The second-order valence-electron chi connectivity index (χ2n) is 3.65. The van der Waals surface area contributed by atoms with Crippen LogP contribution >= 0.6 is 0 Å². The number of aromatic nitrogens is 1. The summed E-state index contributed by atoms with van der Waals surface area (Å²) in [4.78, 5) is 11.2. The normalized spacial score (nSPS) is 11.4. The van der Waals surface area contributed by atoms with Crippen molar-refractivity contribution in [3.05, 3.63) is 41.6 Å². The molecule has 0 unspecified atom stereocenters. The molecule has 100 valence electrons. The van der Waals surface area contributed by atoms with Crippen LogP contribution in [0, 0.1) is 0 Å².